The van der Waals surface area contributed by atoms with Crippen molar-refractivity contribution >= 4 is 34.4 Å². The van der Waals surface area contributed by atoms with Crippen LogP contribution in [0.2, 0.25) is 5.02 Å². The number of benzene rings is 1. The fourth-order valence-corrected chi connectivity index (χ4v) is 3.70. The van der Waals surface area contributed by atoms with Gasteiger partial charge < -0.3 is 10.2 Å². The fraction of sp³-hybridized carbons (Fsp3) is 0.500. The minimum atomic E-state index is 0.0834. The molecule has 1 amide bonds. The predicted molar refractivity (Wildman–Crippen MR) is 92.4 cm³/mol. The first-order chi connectivity index (χ1) is 10.6. The SMILES string of the molecule is CN1C(=NC2CC2)SCC1CC(=O)NCc1ccc(Cl)cc1. The van der Waals surface area contributed by atoms with Crippen LogP contribution in [0.5, 0.6) is 0 Å². The monoisotopic (exact) mass is 337 g/mol. The van der Waals surface area contributed by atoms with Gasteiger partial charge in [-0.15, -0.1) is 0 Å². The van der Waals surface area contributed by atoms with E-state index in [1.807, 2.05) is 31.3 Å². The molecule has 1 aromatic rings. The van der Waals surface area contributed by atoms with Crippen LogP contribution >= 0.6 is 23.4 Å². The summed E-state index contributed by atoms with van der Waals surface area (Å²) in [7, 11) is 2.04. The third-order valence-electron chi connectivity index (χ3n) is 3.92. The van der Waals surface area contributed by atoms with Crippen molar-refractivity contribution in [3.8, 4) is 0 Å². The highest BCUT2D eigenvalue weighted by Crippen LogP contribution is 2.30. The quantitative estimate of drug-likeness (QED) is 0.898. The Morgan fingerprint density at radius 1 is 1.41 bits per heavy atom. The number of carbonyl (C=O) groups is 1. The van der Waals surface area contributed by atoms with Crippen LogP contribution in [0.25, 0.3) is 0 Å². The zero-order chi connectivity index (χ0) is 15.5. The van der Waals surface area contributed by atoms with Crippen molar-refractivity contribution in [2.75, 3.05) is 12.8 Å². The van der Waals surface area contributed by atoms with E-state index in [1.54, 1.807) is 11.8 Å². The van der Waals surface area contributed by atoms with Crippen LogP contribution in [-0.4, -0.2) is 40.9 Å². The summed E-state index contributed by atoms with van der Waals surface area (Å²) < 4.78 is 0. The van der Waals surface area contributed by atoms with Crippen LogP contribution in [0.1, 0.15) is 24.8 Å². The first-order valence-electron chi connectivity index (χ1n) is 7.56. The molecule has 118 valence electrons. The molecule has 1 atom stereocenters. The molecule has 1 aromatic carbocycles. The van der Waals surface area contributed by atoms with Crippen molar-refractivity contribution in [2.24, 2.45) is 4.99 Å². The van der Waals surface area contributed by atoms with Gasteiger partial charge in [-0.2, -0.15) is 0 Å². The Bertz CT molecular complexity index is 571. The highest BCUT2D eigenvalue weighted by Gasteiger charge is 2.31. The molecule has 1 aliphatic heterocycles. The standard InChI is InChI=1S/C16H20ClN3OS/c1-20-14(10-22-16(20)19-13-6-7-13)8-15(21)18-9-11-2-4-12(17)5-3-11/h2-5,13-14H,6-10H2,1H3,(H,18,21). The Balaban J connectivity index is 1.46. The number of aliphatic imine (C=N–C) groups is 1. The molecule has 22 heavy (non-hydrogen) atoms. The van der Waals surface area contributed by atoms with E-state index >= 15 is 0 Å². The van der Waals surface area contributed by atoms with Crippen molar-refractivity contribution < 1.29 is 4.79 Å². The molecule has 3 rings (SSSR count). The lowest BCUT2D eigenvalue weighted by molar-refractivity contribution is -0.121. The van der Waals surface area contributed by atoms with Crippen LogP contribution < -0.4 is 5.32 Å². The second-order valence-electron chi connectivity index (χ2n) is 5.83. The van der Waals surface area contributed by atoms with E-state index in [2.05, 4.69) is 15.2 Å². The average Bonchev–Trinajstić information content (AvgIpc) is 3.26. The summed E-state index contributed by atoms with van der Waals surface area (Å²) in [5.74, 6) is 1.02. The minimum Gasteiger partial charge on any atom is -0.352 e. The van der Waals surface area contributed by atoms with E-state index in [4.69, 9.17) is 11.6 Å². The number of nitrogens with zero attached hydrogens (tertiary/aromatic N) is 2. The average molecular weight is 338 g/mol. The van der Waals surface area contributed by atoms with Crippen LogP contribution in [0, 0.1) is 0 Å². The van der Waals surface area contributed by atoms with Gasteiger partial charge in [0.1, 0.15) is 0 Å². The number of thioether (sulfide) groups is 1. The van der Waals surface area contributed by atoms with Crippen molar-refractivity contribution in [3.63, 3.8) is 0 Å². The lowest BCUT2D eigenvalue weighted by atomic mass is 10.2. The van der Waals surface area contributed by atoms with Crippen molar-refractivity contribution in [2.45, 2.75) is 37.9 Å². The van der Waals surface area contributed by atoms with Crippen molar-refractivity contribution in [1.29, 1.82) is 0 Å². The molecular formula is C16H20ClN3OS. The summed E-state index contributed by atoms with van der Waals surface area (Å²) in [4.78, 5) is 19.0. The predicted octanol–water partition coefficient (Wildman–Crippen LogP) is 2.91. The molecule has 0 spiro atoms. The topological polar surface area (TPSA) is 44.7 Å². The summed E-state index contributed by atoms with van der Waals surface area (Å²) in [5, 5.41) is 4.78. The lowest BCUT2D eigenvalue weighted by Crippen LogP contribution is -2.35. The van der Waals surface area contributed by atoms with Crippen LogP contribution in [0.4, 0.5) is 0 Å². The summed E-state index contributed by atoms with van der Waals surface area (Å²) in [6.45, 7) is 0.544. The second-order valence-corrected chi connectivity index (χ2v) is 7.25. The van der Waals surface area contributed by atoms with Gasteiger partial charge in [0, 0.05) is 36.8 Å². The number of hydrogen-bond donors (Lipinski definition) is 1. The van der Waals surface area contributed by atoms with E-state index in [1.165, 1.54) is 12.8 Å². The normalized spacial score (nSPS) is 23.1. The summed E-state index contributed by atoms with van der Waals surface area (Å²) >= 11 is 7.62. The Kier molecular flexibility index (Phi) is 4.93. The van der Waals surface area contributed by atoms with Gasteiger partial charge in [-0.05, 0) is 30.5 Å². The van der Waals surface area contributed by atoms with Gasteiger partial charge in [-0.1, -0.05) is 35.5 Å². The van der Waals surface area contributed by atoms with Crippen LogP contribution in [0.3, 0.4) is 0 Å². The summed E-state index contributed by atoms with van der Waals surface area (Å²) in [6, 6.07) is 8.31. The van der Waals surface area contributed by atoms with Gasteiger partial charge in [0.25, 0.3) is 0 Å². The Hall–Kier alpha value is -1.20. The van der Waals surface area contributed by atoms with Gasteiger partial charge in [0.05, 0.1) is 6.04 Å². The zero-order valence-electron chi connectivity index (χ0n) is 12.6. The Morgan fingerprint density at radius 2 is 2.14 bits per heavy atom. The molecule has 0 radical (unpaired) electrons. The maximum absolute atomic E-state index is 12.1. The van der Waals surface area contributed by atoms with Gasteiger partial charge in [0.2, 0.25) is 5.91 Å². The van der Waals surface area contributed by atoms with E-state index in [0.717, 1.165) is 16.5 Å². The van der Waals surface area contributed by atoms with E-state index in [0.29, 0.717) is 24.0 Å². The van der Waals surface area contributed by atoms with Crippen molar-refractivity contribution in [3.05, 3.63) is 34.9 Å². The number of hydrogen-bond acceptors (Lipinski definition) is 3. The molecule has 2 aliphatic rings. The molecule has 4 nitrogen and oxygen atoms in total. The molecule has 0 aromatic heterocycles. The van der Waals surface area contributed by atoms with Crippen LogP contribution in [0.15, 0.2) is 29.3 Å². The van der Waals surface area contributed by atoms with E-state index in [-0.39, 0.29) is 11.9 Å². The smallest absolute Gasteiger partial charge is 0.222 e. The van der Waals surface area contributed by atoms with Gasteiger partial charge >= 0.3 is 0 Å². The molecule has 0 bridgehead atoms. The molecule has 1 N–H and O–H groups in total. The number of rotatable bonds is 5. The van der Waals surface area contributed by atoms with E-state index in [9.17, 15) is 4.79 Å². The van der Waals surface area contributed by atoms with Gasteiger partial charge in [0.15, 0.2) is 5.17 Å². The third-order valence-corrected chi connectivity index (χ3v) is 5.37. The highest BCUT2D eigenvalue weighted by atomic mass is 35.5. The Labute approximate surface area is 140 Å². The number of halogens is 1. The highest BCUT2D eigenvalue weighted by molar-refractivity contribution is 8.14. The van der Waals surface area contributed by atoms with Crippen LogP contribution in [-0.2, 0) is 11.3 Å². The minimum absolute atomic E-state index is 0.0834. The molecule has 1 unspecified atom stereocenters. The fourth-order valence-electron chi connectivity index (χ4n) is 2.31. The van der Waals surface area contributed by atoms with Gasteiger partial charge in [-0.3, -0.25) is 9.79 Å². The molecule has 2 fully saturated rings. The maximum Gasteiger partial charge on any atom is 0.222 e. The van der Waals surface area contributed by atoms with E-state index < -0.39 is 0 Å². The Morgan fingerprint density at radius 3 is 2.82 bits per heavy atom. The maximum atomic E-state index is 12.1. The number of nitrogens with one attached hydrogen (secondary N) is 1. The number of amides is 1. The molecule has 6 heteroatoms. The number of amidine groups is 1. The van der Waals surface area contributed by atoms with Gasteiger partial charge in [-0.25, -0.2) is 0 Å². The summed E-state index contributed by atoms with van der Waals surface area (Å²) in [6.07, 6.45) is 2.94. The first-order valence-corrected chi connectivity index (χ1v) is 8.93. The molecule has 1 saturated carbocycles. The molecule has 1 heterocycles. The number of carbonyl (C=O) groups excluding carboxylic acids is 1. The summed E-state index contributed by atoms with van der Waals surface area (Å²) in [5.41, 5.74) is 1.06. The molecule has 1 aliphatic carbocycles. The third kappa shape index (κ3) is 4.17. The largest absolute Gasteiger partial charge is 0.352 e. The first kappa shape index (κ1) is 15.7. The molecule has 1 saturated heterocycles. The second kappa shape index (κ2) is 6.92. The lowest BCUT2D eigenvalue weighted by Gasteiger charge is -2.20. The molecular weight excluding hydrogens is 318 g/mol. The zero-order valence-corrected chi connectivity index (χ0v) is 14.2. The van der Waals surface area contributed by atoms with Crippen molar-refractivity contribution in [1.82, 2.24) is 10.2 Å².